The van der Waals surface area contributed by atoms with Crippen LogP contribution in [0.2, 0.25) is 0 Å². The van der Waals surface area contributed by atoms with Crippen molar-refractivity contribution in [2.45, 2.75) is 72.6 Å². The summed E-state index contributed by atoms with van der Waals surface area (Å²) in [6.45, 7) is 13.7. The van der Waals surface area contributed by atoms with Gasteiger partial charge in [0.25, 0.3) is 5.91 Å². The van der Waals surface area contributed by atoms with E-state index in [0.29, 0.717) is 5.92 Å². The number of hydrogen-bond acceptors (Lipinski definition) is 4. The van der Waals surface area contributed by atoms with Crippen LogP contribution in [0.4, 0.5) is 5.82 Å². The second-order valence-corrected chi connectivity index (χ2v) is 9.04. The van der Waals surface area contributed by atoms with Crippen molar-refractivity contribution < 1.29 is 4.79 Å². The van der Waals surface area contributed by atoms with Gasteiger partial charge in [0.2, 0.25) is 0 Å². The highest BCUT2D eigenvalue weighted by atomic mass is 16.2. The summed E-state index contributed by atoms with van der Waals surface area (Å²) in [6.07, 6.45) is 6.17. The summed E-state index contributed by atoms with van der Waals surface area (Å²) in [4.78, 5) is 26.6. The molecule has 168 valence electrons. The van der Waals surface area contributed by atoms with Crippen LogP contribution >= 0.6 is 0 Å². The first-order valence-corrected chi connectivity index (χ1v) is 11.9. The summed E-state index contributed by atoms with van der Waals surface area (Å²) in [5.41, 5.74) is 4.40. The molecule has 3 rings (SSSR count). The number of benzene rings is 1. The predicted octanol–water partition coefficient (Wildman–Crippen LogP) is 5.30. The van der Waals surface area contributed by atoms with Crippen LogP contribution in [0.1, 0.15) is 85.4 Å². The van der Waals surface area contributed by atoms with Crippen LogP contribution in [0.5, 0.6) is 0 Å². The van der Waals surface area contributed by atoms with Gasteiger partial charge in [0, 0.05) is 43.0 Å². The second kappa shape index (κ2) is 10.7. The molecule has 0 N–H and O–H groups in total. The van der Waals surface area contributed by atoms with Crippen LogP contribution in [-0.2, 0) is 6.42 Å². The summed E-state index contributed by atoms with van der Waals surface area (Å²) < 4.78 is 0. The number of hydrogen-bond donors (Lipinski definition) is 0. The first-order valence-electron chi connectivity index (χ1n) is 11.9. The van der Waals surface area contributed by atoms with Gasteiger partial charge in [-0.15, -0.1) is 0 Å². The molecule has 0 atom stereocenters. The molecule has 0 unspecified atom stereocenters. The van der Waals surface area contributed by atoms with Gasteiger partial charge in [-0.25, -0.2) is 9.97 Å². The van der Waals surface area contributed by atoms with E-state index in [9.17, 15) is 4.79 Å². The Labute approximate surface area is 187 Å². The number of anilines is 1. The molecule has 0 saturated carbocycles. The van der Waals surface area contributed by atoms with E-state index < -0.39 is 0 Å². The third-order valence-electron chi connectivity index (χ3n) is 6.19. The minimum absolute atomic E-state index is 0.135. The molecule has 1 aromatic heterocycles. The maximum atomic E-state index is 13.0. The molecule has 1 fully saturated rings. The number of carbonyl (C=O) groups is 1. The fourth-order valence-electron chi connectivity index (χ4n) is 4.49. The van der Waals surface area contributed by atoms with Crippen molar-refractivity contribution >= 4 is 11.7 Å². The highest BCUT2D eigenvalue weighted by molar-refractivity contribution is 5.94. The normalized spacial score (nSPS) is 14.4. The number of aryl methyl sites for hydroxylation is 3. The lowest BCUT2D eigenvalue weighted by molar-refractivity contribution is 0.0746. The Morgan fingerprint density at radius 2 is 1.65 bits per heavy atom. The lowest BCUT2D eigenvalue weighted by atomic mass is 10.0. The smallest absolute Gasteiger partial charge is 0.253 e. The summed E-state index contributed by atoms with van der Waals surface area (Å²) in [7, 11) is 0. The highest BCUT2D eigenvalue weighted by Crippen LogP contribution is 2.29. The molecule has 0 radical (unpaired) electrons. The van der Waals surface area contributed by atoms with Crippen LogP contribution in [0.25, 0.3) is 0 Å². The van der Waals surface area contributed by atoms with E-state index in [1.807, 2.05) is 24.0 Å². The molecular weight excluding hydrogens is 384 g/mol. The van der Waals surface area contributed by atoms with E-state index in [-0.39, 0.29) is 5.91 Å². The van der Waals surface area contributed by atoms with E-state index >= 15 is 0 Å². The van der Waals surface area contributed by atoms with Gasteiger partial charge in [-0.2, -0.15) is 0 Å². The molecule has 0 aliphatic carbocycles. The second-order valence-electron chi connectivity index (χ2n) is 9.04. The molecular formula is C26H38N4O. The van der Waals surface area contributed by atoms with Crippen molar-refractivity contribution in [2.75, 3.05) is 31.1 Å². The van der Waals surface area contributed by atoms with Crippen molar-refractivity contribution in [3.05, 3.63) is 52.5 Å². The van der Waals surface area contributed by atoms with E-state index in [2.05, 4.69) is 49.7 Å². The molecule has 2 heterocycles. The Hall–Kier alpha value is -2.43. The Morgan fingerprint density at radius 1 is 0.968 bits per heavy atom. The van der Waals surface area contributed by atoms with Crippen LogP contribution in [0, 0.1) is 13.8 Å². The zero-order chi connectivity index (χ0) is 22.4. The van der Waals surface area contributed by atoms with Crippen molar-refractivity contribution in [3.63, 3.8) is 0 Å². The number of rotatable bonds is 8. The summed E-state index contributed by atoms with van der Waals surface area (Å²) >= 11 is 0. The first kappa shape index (κ1) is 23.2. The van der Waals surface area contributed by atoms with Gasteiger partial charge in [0.15, 0.2) is 0 Å². The number of amides is 1. The standard InChI is InChI=1S/C26H38N4O/c1-6-7-8-9-10-22-11-13-23(14-12-22)26(31)30-17-15-29(16-18-30)25-24(19(2)3)20(4)27-21(5)28-25/h11-14,19H,6-10,15-18H2,1-5H3. The van der Waals surface area contributed by atoms with Gasteiger partial charge >= 0.3 is 0 Å². The fraction of sp³-hybridized carbons (Fsp3) is 0.577. The zero-order valence-corrected chi connectivity index (χ0v) is 19.9. The number of carbonyl (C=O) groups excluding carboxylic acids is 1. The van der Waals surface area contributed by atoms with Crippen molar-refractivity contribution in [3.8, 4) is 0 Å². The molecule has 1 amide bonds. The molecule has 1 aliphatic heterocycles. The molecule has 0 bridgehead atoms. The molecule has 1 aliphatic rings. The van der Waals surface area contributed by atoms with E-state index in [1.165, 1.54) is 36.8 Å². The molecule has 0 spiro atoms. The van der Waals surface area contributed by atoms with E-state index in [1.54, 1.807) is 0 Å². The largest absolute Gasteiger partial charge is 0.353 e. The average Bonchev–Trinajstić information content (AvgIpc) is 2.76. The quantitative estimate of drug-likeness (QED) is 0.542. The topological polar surface area (TPSA) is 49.3 Å². The van der Waals surface area contributed by atoms with Crippen molar-refractivity contribution in [2.24, 2.45) is 0 Å². The van der Waals surface area contributed by atoms with Gasteiger partial charge < -0.3 is 9.80 Å². The van der Waals surface area contributed by atoms with Crippen LogP contribution in [0.3, 0.4) is 0 Å². The maximum absolute atomic E-state index is 13.0. The Balaban J connectivity index is 1.60. The van der Waals surface area contributed by atoms with Gasteiger partial charge in [-0.3, -0.25) is 4.79 Å². The number of unbranched alkanes of at least 4 members (excludes halogenated alkanes) is 3. The van der Waals surface area contributed by atoms with Gasteiger partial charge in [-0.1, -0.05) is 52.2 Å². The average molecular weight is 423 g/mol. The fourth-order valence-corrected chi connectivity index (χ4v) is 4.49. The summed E-state index contributed by atoms with van der Waals surface area (Å²) in [6, 6.07) is 8.24. The van der Waals surface area contributed by atoms with Crippen molar-refractivity contribution in [1.29, 1.82) is 0 Å². The van der Waals surface area contributed by atoms with Crippen molar-refractivity contribution in [1.82, 2.24) is 14.9 Å². The minimum Gasteiger partial charge on any atom is -0.353 e. The lowest BCUT2D eigenvalue weighted by Gasteiger charge is -2.37. The third-order valence-corrected chi connectivity index (χ3v) is 6.19. The molecule has 31 heavy (non-hydrogen) atoms. The monoisotopic (exact) mass is 422 g/mol. The molecule has 2 aromatic rings. The predicted molar refractivity (Wildman–Crippen MR) is 128 cm³/mol. The van der Waals surface area contributed by atoms with Crippen LogP contribution < -0.4 is 4.90 Å². The van der Waals surface area contributed by atoms with E-state index in [4.69, 9.17) is 4.98 Å². The van der Waals surface area contributed by atoms with Crippen LogP contribution in [-0.4, -0.2) is 47.0 Å². The van der Waals surface area contributed by atoms with Gasteiger partial charge in [0.1, 0.15) is 11.6 Å². The summed E-state index contributed by atoms with van der Waals surface area (Å²) in [5, 5.41) is 0. The number of piperazine rings is 1. The lowest BCUT2D eigenvalue weighted by Crippen LogP contribution is -2.49. The van der Waals surface area contributed by atoms with Crippen LogP contribution in [0.15, 0.2) is 24.3 Å². The van der Waals surface area contributed by atoms with Gasteiger partial charge in [0.05, 0.1) is 0 Å². The third kappa shape index (κ3) is 5.84. The first-order chi connectivity index (χ1) is 14.9. The Kier molecular flexibility index (Phi) is 8.05. The Morgan fingerprint density at radius 3 is 2.26 bits per heavy atom. The number of nitrogens with zero attached hydrogens (tertiary/aromatic N) is 4. The Bertz CT molecular complexity index is 868. The van der Waals surface area contributed by atoms with E-state index in [0.717, 1.165) is 55.5 Å². The maximum Gasteiger partial charge on any atom is 0.253 e. The molecule has 5 nitrogen and oxygen atoms in total. The molecule has 1 saturated heterocycles. The molecule has 5 heteroatoms. The number of aromatic nitrogens is 2. The summed E-state index contributed by atoms with van der Waals surface area (Å²) in [5.74, 6) is 2.36. The zero-order valence-electron chi connectivity index (χ0n) is 19.9. The SMILES string of the molecule is CCCCCCc1ccc(C(=O)N2CCN(c3nc(C)nc(C)c3C(C)C)CC2)cc1. The molecule has 1 aromatic carbocycles. The minimum atomic E-state index is 0.135. The highest BCUT2D eigenvalue weighted by Gasteiger charge is 2.26. The van der Waals surface area contributed by atoms with Gasteiger partial charge in [-0.05, 0) is 50.3 Å².